The van der Waals surface area contributed by atoms with E-state index in [0.29, 0.717) is 0 Å². The fourth-order valence-corrected chi connectivity index (χ4v) is 2.03. The van der Waals surface area contributed by atoms with Gasteiger partial charge in [-0.05, 0) is 19.0 Å². The molecule has 2 heterocycles. The molecule has 0 spiro atoms. The second-order valence-electron chi connectivity index (χ2n) is 4.48. The molecule has 1 atom stereocenters. The van der Waals surface area contributed by atoms with E-state index < -0.39 is 0 Å². The van der Waals surface area contributed by atoms with E-state index >= 15 is 0 Å². The highest BCUT2D eigenvalue weighted by Crippen LogP contribution is 2.19. The Morgan fingerprint density at radius 2 is 2.39 bits per heavy atom. The fourth-order valence-electron chi connectivity index (χ4n) is 2.03. The molecule has 18 heavy (non-hydrogen) atoms. The van der Waals surface area contributed by atoms with Gasteiger partial charge < -0.3 is 10.1 Å². The molecule has 1 N–H and O–H groups in total. The second-order valence-corrected chi connectivity index (χ2v) is 4.48. The van der Waals surface area contributed by atoms with Gasteiger partial charge in [0, 0.05) is 25.8 Å². The molecule has 1 saturated heterocycles. The molecule has 5 nitrogen and oxygen atoms in total. The zero-order chi connectivity index (χ0) is 12.8. The minimum Gasteiger partial charge on any atom is -0.370 e. The average molecular weight is 250 g/mol. The number of rotatable bonds is 5. The van der Waals surface area contributed by atoms with Crippen molar-refractivity contribution in [1.29, 1.82) is 0 Å². The van der Waals surface area contributed by atoms with Crippen LogP contribution in [0, 0.1) is 0 Å². The summed E-state index contributed by atoms with van der Waals surface area (Å²) in [6, 6.07) is 1.90. The van der Waals surface area contributed by atoms with Crippen molar-refractivity contribution < 1.29 is 4.74 Å². The summed E-state index contributed by atoms with van der Waals surface area (Å²) >= 11 is 0. The van der Waals surface area contributed by atoms with Gasteiger partial charge in [-0.1, -0.05) is 13.8 Å². The van der Waals surface area contributed by atoms with Crippen LogP contribution in [0.1, 0.15) is 32.2 Å². The number of nitrogens with one attached hydrogen (secondary N) is 1. The van der Waals surface area contributed by atoms with Crippen LogP contribution in [0.5, 0.6) is 0 Å². The highest BCUT2D eigenvalue weighted by Gasteiger charge is 2.23. The first kappa shape index (κ1) is 13.2. The Kier molecular flexibility index (Phi) is 4.90. The maximum Gasteiger partial charge on any atom is 0.160 e. The number of hydrogen-bond acceptors (Lipinski definition) is 5. The third-order valence-corrected chi connectivity index (χ3v) is 3.12. The molecule has 0 amide bonds. The van der Waals surface area contributed by atoms with Crippen LogP contribution in [-0.2, 0) is 4.74 Å². The van der Waals surface area contributed by atoms with E-state index in [-0.39, 0.29) is 6.10 Å². The van der Waals surface area contributed by atoms with Crippen LogP contribution in [0.3, 0.4) is 0 Å². The first-order valence-electron chi connectivity index (χ1n) is 6.74. The van der Waals surface area contributed by atoms with E-state index in [9.17, 15) is 0 Å². The largest absolute Gasteiger partial charge is 0.370 e. The minimum atomic E-state index is 0.00192. The van der Waals surface area contributed by atoms with Gasteiger partial charge in [-0.15, -0.1) is 0 Å². The normalized spacial score (nSPS) is 20.9. The highest BCUT2D eigenvalue weighted by atomic mass is 16.5. The molecule has 1 aromatic heterocycles. The lowest BCUT2D eigenvalue weighted by Gasteiger charge is -2.31. The van der Waals surface area contributed by atoms with Gasteiger partial charge in [0.25, 0.3) is 0 Å². The zero-order valence-electron chi connectivity index (χ0n) is 11.2. The van der Waals surface area contributed by atoms with Crippen LogP contribution in [0.4, 0.5) is 5.82 Å². The topological polar surface area (TPSA) is 50.3 Å². The maximum atomic E-state index is 5.76. The summed E-state index contributed by atoms with van der Waals surface area (Å²) in [7, 11) is 0. The molecule has 0 saturated carbocycles. The van der Waals surface area contributed by atoms with Crippen LogP contribution in [0.25, 0.3) is 0 Å². The number of aromatic nitrogens is 2. The Morgan fingerprint density at radius 1 is 1.50 bits per heavy atom. The first-order chi connectivity index (χ1) is 8.83. The highest BCUT2D eigenvalue weighted by molar-refractivity contribution is 5.33. The summed E-state index contributed by atoms with van der Waals surface area (Å²) < 4.78 is 5.76. The molecular weight excluding hydrogens is 228 g/mol. The van der Waals surface area contributed by atoms with Crippen molar-refractivity contribution >= 4 is 5.82 Å². The Hall–Kier alpha value is -1.20. The van der Waals surface area contributed by atoms with Gasteiger partial charge in [-0.2, -0.15) is 0 Å². The lowest BCUT2D eigenvalue weighted by molar-refractivity contribution is -0.0325. The predicted octanol–water partition coefficient (Wildman–Crippen LogP) is 1.69. The molecule has 1 aliphatic rings. The number of likely N-dealkylation sites (N-methyl/N-ethyl adjacent to an activating group) is 1. The lowest BCUT2D eigenvalue weighted by atomic mass is 10.2. The second kappa shape index (κ2) is 6.66. The Bertz CT molecular complexity index is 372. The monoisotopic (exact) mass is 250 g/mol. The van der Waals surface area contributed by atoms with Crippen molar-refractivity contribution in [3.8, 4) is 0 Å². The third kappa shape index (κ3) is 3.40. The van der Waals surface area contributed by atoms with E-state index in [1.54, 1.807) is 6.20 Å². The molecular formula is C13H22N4O. The first-order valence-corrected chi connectivity index (χ1v) is 6.74. The van der Waals surface area contributed by atoms with E-state index in [1.807, 2.05) is 6.07 Å². The summed E-state index contributed by atoms with van der Waals surface area (Å²) in [6.45, 7) is 8.93. The van der Waals surface area contributed by atoms with Gasteiger partial charge >= 0.3 is 0 Å². The smallest absolute Gasteiger partial charge is 0.160 e. The molecule has 1 fully saturated rings. The third-order valence-electron chi connectivity index (χ3n) is 3.12. The molecule has 2 rings (SSSR count). The van der Waals surface area contributed by atoms with Gasteiger partial charge in [0.15, 0.2) is 5.82 Å². The molecule has 0 aliphatic carbocycles. The van der Waals surface area contributed by atoms with Crippen LogP contribution < -0.4 is 5.32 Å². The van der Waals surface area contributed by atoms with Gasteiger partial charge in [0.05, 0.1) is 6.61 Å². The summed E-state index contributed by atoms with van der Waals surface area (Å²) in [5.74, 6) is 1.67. The van der Waals surface area contributed by atoms with Crippen LogP contribution in [0.15, 0.2) is 12.3 Å². The summed E-state index contributed by atoms with van der Waals surface area (Å²) in [4.78, 5) is 11.2. The standard InChI is InChI=1S/C13H22N4O/c1-3-6-14-12-5-7-15-13(16-12)11-10-17(4-2)8-9-18-11/h5,7,11H,3-4,6,8-10H2,1-2H3,(H,14,15,16). The van der Waals surface area contributed by atoms with Gasteiger partial charge in [0.1, 0.15) is 11.9 Å². The molecule has 5 heteroatoms. The molecule has 1 aliphatic heterocycles. The van der Waals surface area contributed by atoms with Gasteiger partial charge in [-0.3, -0.25) is 4.90 Å². The van der Waals surface area contributed by atoms with Crippen molar-refractivity contribution in [1.82, 2.24) is 14.9 Å². The lowest BCUT2D eigenvalue weighted by Crippen LogP contribution is -2.38. The summed E-state index contributed by atoms with van der Waals surface area (Å²) in [5, 5.41) is 3.28. The van der Waals surface area contributed by atoms with Crippen LogP contribution in [-0.4, -0.2) is 47.7 Å². The Balaban J connectivity index is 2.02. The molecule has 1 aromatic rings. The molecule has 0 radical (unpaired) electrons. The molecule has 0 bridgehead atoms. The quantitative estimate of drug-likeness (QED) is 0.862. The van der Waals surface area contributed by atoms with E-state index in [4.69, 9.17) is 4.74 Å². The number of hydrogen-bond donors (Lipinski definition) is 1. The number of nitrogens with zero attached hydrogens (tertiary/aromatic N) is 3. The molecule has 1 unspecified atom stereocenters. The van der Waals surface area contributed by atoms with Crippen molar-refractivity contribution in [3.05, 3.63) is 18.1 Å². The van der Waals surface area contributed by atoms with E-state index in [1.165, 1.54) is 0 Å². The Morgan fingerprint density at radius 3 is 3.17 bits per heavy atom. The SMILES string of the molecule is CCCNc1ccnc(C2CN(CC)CCO2)n1. The van der Waals surface area contributed by atoms with Gasteiger partial charge in [0.2, 0.25) is 0 Å². The van der Waals surface area contributed by atoms with Crippen LogP contribution >= 0.6 is 0 Å². The molecule has 0 aromatic carbocycles. The number of ether oxygens (including phenoxy) is 1. The summed E-state index contributed by atoms with van der Waals surface area (Å²) in [5.41, 5.74) is 0. The number of anilines is 1. The number of morpholine rings is 1. The molecule has 100 valence electrons. The van der Waals surface area contributed by atoms with E-state index in [0.717, 1.165) is 50.8 Å². The Labute approximate surface area is 109 Å². The van der Waals surface area contributed by atoms with Gasteiger partial charge in [-0.25, -0.2) is 9.97 Å². The van der Waals surface area contributed by atoms with Crippen molar-refractivity contribution in [2.24, 2.45) is 0 Å². The zero-order valence-corrected chi connectivity index (χ0v) is 11.2. The van der Waals surface area contributed by atoms with E-state index in [2.05, 4.69) is 34.0 Å². The predicted molar refractivity (Wildman–Crippen MR) is 71.6 cm³/mol. The van der Waals surface area contributed by atoms with Crippen LogP contribution in [0.2, 0.25) is 0 Å². The van der Waals surface area contributed by atoms with Crippen molar-refractivity contribution in [3.63, 3.8) is 0 Å². The van der Waals surface area contributed by atoms with Crippen molar-refractivity contribution in [2.75, 3.05) is 38.1 Å². The minimum absolute atomic E-state index is 0.00192. The fraction of sp³-hybridized carbons (Fsp3) is 0.692. The van der Waals surface area contributed by atoms with Crippen molar-refractivity contribution in [2.45, 2.75) is 26.4 Å². The summed E-state index contributed by atoms with van der Waals surface area (Å²) in [6.07, 6.45) is 2.89. The average Bonchev–Trinajstić information content (AvgIpc) is 2.45. The maximum absolute atomic E-state index is 5.76.